The molecule has 0 bridgehead atoms. The van der Waals surface area contributed by atoms with Gasteiger partial charge in [0.2, 0.25) is 0 Å². The molecule has 0 aliphatic carbocycles. The molecule has 150 valence electrons. The highest BCUT2D eigenvalue weighted by Gasteiger charge is 2.35. The molecule has 1 aromatic heterocycles. The molecule has 2 atom stereocenters. The number of aromatic nitrogens is 1. The lowest BCUT2D eigenvalue weighted by Crippen LogP contribution is -2.59. The monoisotopic (exact) mass is 386 g/mol. The van der Waals surface area contributed by atoms with Gasteiger partial charge < -0.3 is 14.5 Å². The van der Waals surface area contributed by atoms with Crippen LogP contribution in [0.4, 0.5) is 16.2 Å². The fraction of sp³-hybridized carbons (Fsp3) is 0.500. The van der Waals surface area contributed by atoms with Crippen LogP contribution >= 0.6 is 0 Å². The number of ether oxygens (including phenoxy) is 1. The molecule has 0 unspecified atom stereocenters. The lowest BCUT2D eigenvalue weighted by atomic mass is 10.1. The number of hydrogen-bond donors (Lipinski definition) is 0. The van der Waals surface area contributed by atoms with Gasteiger partial charge in [0.1, 0.15) is 5.60 Å². The lowest BCUT2D eigenvalue weighted by Gasteiger charge is -2.45. The first-order valence-corrected chi connectivity index (χ1v) is 9.36. The number of amides is 1. The van der Waals surface area contributed by atoms with Crippen molar-refractivity contribution in [2.45, 2.75) is 52.3 Å². The molecular weight excluding hydrogens is 360 g/mol. The molecule has 1 aromatic carbocycles. The van der Waals surface area contributed by atoms with Gasteiger partial charge in [0.25, 0.3) is 5.69 Å². The van der Waals surface area contributed by atoms with Crippen molar-refractivity contribution in [2.75, 3.05) is 18.0 Å². The second kappa shape index (κ2) is 7.26. The fourth-order valence-corrected chi connectivity index (χ4v) is 3.52. The van der Waals surface area contributed by atoms with Gasteiger partial charge in [0.05, 0.1) is 10.4 Å². The minimum Gasteiger partial charge on any atom is -0.444 e. The molecule has 0 spiro atoms. The van der Waals surface area contributed by atoms with Crippen LogP contribution in [0.2, 0.25) is 0 Å². The summed E-state index contributed by atoms with van der Waals surface area (Å²) < 4.78 is 5.53. The number of nitrogens with zero attached hydrogens (tertiary/aromatic N) is 4. The van der Waals surface area contributed by atoms with Gasteiger partial charge in [-0.1, -0.05) is 0 Å². The quantitative estimate of drug-likeness (QED) is 0.573. The number of non-ortho nitro benzene ring substituents is 1. The molecule has 1 saturated heterocycles. The summed E-state index contributed by atoms with van der Waals surface area (Å²) in [4.78, 5) is 31.6. The highest BCUT2D eigenvalue weighted by molar-refractivity contribution is 5.93. The molecule has 28 heavy (non-hydrogen) atoms. The third-order valence-electron chi connectivity index (χ3n) is 4.84. The van der Waals surface area contributed by atoms with Gasteiger partial charge >= 0.3 is 6.09 Å². The number of piperazine rings is 1. The van der Waals surface area contributed by atoms with Crippen molar-refractivity contribution in [1.29, 1.82) is 0 Å². The first-order chi connectivity index (χ1) is 13.1. The first kappa shape index (κ1) is 19.9. The average Bonchev–Trinajstić information content (AvgIpc) is 2.60. The van der Waals surface area contributed by atoms with Crippen LogP contribution in [0, 0.1) is 10.1 Å². The normalized spacial score (nSPS) is 20.3. The maximum atomic E-state index is 12.5. The first-order valence-electron chi connectivity index (χ1n) is 9.36. The third-order valence-corrected chi connectivity index (χ3v) is 4.84. The Morgan fingerprint density at radius 1 is 1.21 bits per heavy atom. The molecule has 1 amide bonds. The number of hydrogen-bond acceptors (Lipinski definition) is 6. The van der Waals surface area contributed by atoms with Gasteiger partial charge in [-0.05, 0) is 46.8 Å². The smallest absolute Gasteiger partial charge is 0.410 e. The van der Waals surface area contributed by atoms with E-state index in [0.717, 1.165) is 11.1 Å². The van der Waals surface area contributed by atoms with Crippen molar-refractivity contribution < 1.29 is 14.5 Å². The van der Waals surface area contributed by atoms with Crippen molar-refractivity contribution >= 4 is 28.4 Å². The van der Waals surface area contributed by atoms with E-state index in [-0.39, 0.29) is 23.9 Å². The van der Waals surface area contributed by atoms with Crippen molar-refractivity contribution in [2.24, 2.45) is 0 Å². The molecule has 0 saturated carbocycles. The van der Waals surface area contributed by atoms with E-state index in [1.165, 1.54) is 6.07 Å². The lowest BCUT2D eigenvalue weighted by molar-refractivity contribution is -0.384. The van der Waals surface area contributed by atoms with E-state index in [0.29, 0.717) is 18.6 Å². The predicted molar refractivity (Wildman–Crippen MR) is 108 cm³/mol. The number of fused-ring (bicyclic) bond motifs is 1. The van der Waals surface area contributed by atoms with Gasteiger partial charge in [-0.15, -0.1) is 0 Å². The molecule has 1 aliphatic rings. The molecule has 3 rings (SSSR count). The van der Waals surface area contributed by atoms with Crippen molar-refractivity contribution in [3.8, 4) is 0 Å². The number of rotatable bonds is 2. The van der Waals surface area contributed by atoms with Gasteiger partial charge in [-0.3, -0.25) is 15.1 Å². The highest BCUT2D eigenvalue weighted by Crippen LogP contribution is 2.32. The zero-order chi connectivity index (χ0) is 20.6. The molecule has 8 heteroatoms. The van der Waals surface area contributed by atoms with Gasteiger partial charge in [-0.2, -0.15) is 0 Å². The van der Waals surface area contributed by atoms with E-state index < -0.39 is 10.5 Å². The molecule has 2 aromatic rings. The third kappa shape index (κ3) is 4.00. The summed E-state index contributed by atoms with van der Waals surface area (Å²) >= 11 is 0. The topological polar surface area (TPSA) is 88.8 Å². The maximum absolute atomic E-state index is 12.5. The summed E-state index contributed by atoms with van der Waals surface area (Å²) in [5, 5.41) is 11.9. The summed E-state index contributed by atoms with van der Waals surface area (Å²) in [5.41, 5.74) is 1.08. The second-order valence-corrected chi connectivity index (χ2v) is 8.27. The number of nitro benzene ring substituents is 1. The van der Waals surface area contributed by atoms with E-state index in [4.69, 9.17) is 4.74 Å². The molecule has 1 aliphatic heterocycles. The molecule has 1 fully saturated rings. The van der Waals surface area contributed by atoms with Crippen LogP contribution in [-0.4, -0.2) is 51.7 Å². The number of carbonyl (C=O) groups is 1. The molecule has 8 nitrogen and oxygen atoms in total. The van der Waals surface area contributed by atoms with Crippen LogP contribution in [0.5, 0.6) is 0 Å². The Labute approximate surface area is 164 Å². The Morgan fingerprint density at radius 2 is 1.93 bits per heavy atom. The van der Waals surface area contributed by atoms with Gasteiger partial charge in [-0.25, -0.2) is 4.79 Å². The number of anilines is 1. The van der Waals surface area contributed by atoms with Crippen LogP contribution in [0.3, 0.4) is 0 Å². The van der Waals surface area contributed by atoms with E-state index in [1.807, 2.05) is 40.7 Å². The number of carbonyl (C=O) groups excluding carboxylic acids is 1. The number of benzene rings is 1. The van der Waals surface area contributed by atoms with Crippen molar-refractivity contribution in [3.05, 3.63) is 40.6 Å². The minimum atomic E-state index is -0.544. The van der Waals surface area contributed by atoms with Crippen LogP contribution < -0.4 is 4.90 Å². The van der Waals surface area contributed by atoms with Gasteiger partial charge in [0.15, 0.2) is 0 Å². The van der Waals surface area contributed by atoms with Gasteiger partial charge in [0, 0.05) is 54.6 Å². The van der Waals surface area contributed by atoms with E-state index >= 15 is 0 Å². The minimum absolute atomic E-state index is 0.0218. The van der Waals surface area contributed by atoms with E-state index in [2.05, 4.69) is 9.88 Å². The summed E-state index contributed by atoms with van der Waals surface area (Å²) in [6.07, 6.45) is 1.39. The number of nitro groups is 1. The second-order valence-electron chi connectivity index (χ2n) is 8.27. The zero-order valence-electron chi connectivity index (χ0n) is 16.9. The summed E-state index contributed by atoms with van der Waals surface area (Å²) in [6, 6.07) is 6.53. The zero-order valence-corrected chi connectivity index (χ0v) is 16.9. The molecular formula is C20H26N4O4. The van der Waals surface area contributed by atoms with Crippen molar-refractivity contribution in [3.63, 3.8) is 0 Å². The van der Waals surface area contributed by atoms with Crippen LogP contribution in [0.15, 0.2) is 30.5 Å². The Hall–Kier alpha value is -2.90. The largest absolute Gasteiger partial charge is 0.444 e. The molecule has 2 heterocycles. The summed E-state index contributed by atoms with van der Waals surface area (Å²) in [5.74, 6) is 0. The van der Waals surface area contributed by atoms with E-state index in [9.17, 15) is 14.9 Å². The molecule has 0 N–H and O–H groups in total. The summed E-state index contributed by atoms with van der Waals surface area (Å²) in [7, 11) is 0. The highest BCUT2D eigenvalue weighted by atomic mass is 16.6. The standard InChI is InChI=1S/C20H26N4O4/c1-13-12-23(19(25)28-20(3,4)5)14(2)11-22(13)18-8-9-21-17-7-6-15(24(26)27)10-16(17)18/h6-10,13-14H,11-12H2,1-5H3/t13-,14+/m0/s1. The summed E-state index contributed by atoms with van der Waals surface area (Å²) in [6.45, 7) is 10.7. The fourth-order valence-electron chi connectivity index (χ4n) is 3.52. The average molecular weight is 386 g/mol. The van der Waals surface area contributed by atoms with Crippen LogP contribution in [-0.2, 0) is 4.74 Å². The Balaban J connectivity index is 1.90. The molecule has 0 radical (unpaired) electrons. The van der Waals surface area contributed by atoms with E-state index in [1.54, 1.807) is 23.2 Å². The van der Waals surface area contributed by atoms with Crippen LogP contribution in [0.1, 0.15) is 34.6 Å². The van der Waals surface area contributed by atoms with Crippen LogP contribution in [0.25, 0.3) is 10.9 Å². The van der Waals surface area contributed by atoms with Crippen molar-refractivity contribution in [1.82, 2.24) is 9.88 Å². The Bertz CT molecular complexity index is 909. The Morgan fingerprint density at radius 3 is 2.57 bits per heavy atom. The maximum Gasteiger partial charge on any atom is 0.410 e. The SMILES string of the molecule is C[C@@H]1CN(c2ccnc3ccc([N+](=O)[O-])cc23)[C@@H](C)CN1C(=O)OC(C)(C)C. The number of pyridine rings is 1. The Kier molecular flexibility index (Phi) is 5.14. The predicted octanol–water partition coefficient (Wildman–Crippen LogP) is 3.98.